The smallest absolute Gasteiger partial charge is 0.123 e. The van der Waals surface area contributed by atoms with Crippen molar-refractivity contribution in [3.05, 3.63) is 112 Å². The van der Waals surface area contributed by atoms with Gasteiger partial charge >= 0.3 is 0 Å². The highest BCUT2D eigenvalue weighted by molar-refractivity contribution is 5.68. The van der Waals surface area contributed by atoms with Crippen LogP contribution in [0.4, 0.5) is 0 Å². The van der Waals surface area contributed by atoms with E-state index in [-0.39, 0.29) is 52.4 Å². The van der Waals surface area contributed by atoms with Gasteiger partial charge in [-0.05, 0) is 71.1 Å². The first-order valence-corrected chi connectivity index (χ1v) is 11.3. The second-order valence-corrected chi connectivity index (χ2v) is 9.44. The molecule has 2 aliphatic carbocycles. The molecule has 0 heterocycles. The molecule has 0 spiro atoms. The maximum absolute atomic E-state index is 11.1. The number of rotatable bonds is 2. The lowest BCUT2D eigenvalue weighted by Gasteiger charge is -2.40. The van der Waals surface area contributed by atoms with E-state index in [0.717, 1.165) is 38.9 Å². The molecule has 0 fully saturated rings. The molecule has 4 aromatic rings. The van der Waals surface area contributed by atoms with Crippen molar-refractivity contribution in [2.24, 2.45) is 0 Å². The van der Waals surface area contributed by atoms with Gasteiger partial charge in [-0.25, -0.2) is 0 Å². The van der Waals surface area contributed by atoms with Crippen LogP contribution in [-0.4, -0.2) is 25.5 Å². The normalized spacial score (nSPS) is 22.3. The van der Waals surface area contributed by atoms with Gasteiger partial charge in [0.05, 0.1) is 0 Å². The van der Waals surface area contributed by atoms with Gasteiger partial charge in [-0.2, -0.15) is 0 Å². The number of phenolic OH excluding ortho intramolecular Hbond substituents is 5. The van der Waals surface area contributed by atoms with Crippen LogP contribution in [-0.2, 0) is 0 Å². The molecule has 0 aliphatic heterocycles. The Labute approximate surface area is 196 Å². The predicted molar refractivity (Wildman–Crippen MR) is 128 cm³/mol. The topological polar surface area (TPSA) is 101 Å². The second kappa shape index (κ2) is 7.19. The Morgan fingerprint density at radius 1 is 0.500 bits per heavy atom. The first-order valence-electron chi connectivity index (χ1n) is 11.3. The van der Waals surface area contributed by atoms with Crippen molar-refractivity contribution in [2.45, 2.75) is 30.6 Å². The Morgan fingerprint density at radius 3 is 1.71 bits per heavy atom. The SMILES string of the molecule is Cc1cc(O)c2c(c1)C1C(c3ccc(O)cc3)C2c2cc(O)cc(O)c2[C@H]1c1ccc(O)cc1. The van der Waals surface area contributed by atoms with Crippen molar-refractivity contribution in [2.75, 3.05) is 0 Å². The van der Waals surface area contributed by atoms with E-state index in [9.17, 15) is 25.5 Å². The van der Waals surface area contributed by atoms with Gasteiger partial charge < -0.3 is 25.5 Å². The molecule has 0 saturated carbocycles. The predicted octanol–water partition coefficient (Wildman–Crippen LogP) is 5.68. The van der Waals surface area contributed by atoms with Crippen LogP contribution in [0.2, 0.25) is 0 Å². The third kappa shape index (κ3) is 2.86. The molecule has 2 bridgehead atoms. The number of benzene rings is 4. The second-order valence-electron chi connectivity index (χ2n) is 9.44. The van der Waals surface area contributed by atoms with Crippen LogP contribution in [0.25, 0.3) is 0 Å². The highest BCUT2D eigenvalue weighted by Crippen LogP contribution is 2.68. The number of hydrogen-bond acceptors (Lipinski definition) is 5. The molecule has 5 nitrogen and oxygen atoms in total. The number of phenols is 5. The number of aromatic hydroxyl groups is 5. The lowest BCUT2D eigenvalue weighted by atomic mass is 9.63. The molecule has 0 aromatic heterocycles. The summed E-state index contributed by atoms with van der Waals surface area (Å²) in [6.45, 7) is 1.95. The third-order valence-corrected chi connectivity index (χ3v) is 7.46. The first kappa shape index (κ1) is 20.5. The van der Waals surface area contributed by atoms with Crippen LogP contribution in [0.3, 0.4) is 0 Å². The zero-order valence-corrected chi connectivity index (χ0v) is 18.5. The minimum Gasteiger partial charge on any atom is -0.508 e. The number of fused-ring (bicyclic) bond motifs is 7. The largest absolute Gasteiger partial charge is 0.508 e. The van der Waals surface area contributed by atoms with Crippen molar-refractivity contribution in [3.63, 3.8) is 0 Å². The van der Waals surface area contributed by atoms with Crippen LogP contribution in [0.15, 0.2) is 72.8 Å². The summed E-state index contributed by atoms with van der Waals surface area (Å²) >= 11 is 0. The van der Waals surface area contributed by atoms with E-state index < -0.39 is 0 Å². The van der Waals surface area contributed by atoms with E-state index >= 15 is 0 Å². The van der Waals surface area contributed by atoms with Gasteiger partial charge in [0, 0.05) is 40.9 Å². The van der Waals surface area contributed by atoms with Crippen molar-refractivity contribution < 1.29 is 25.5 Å². The summed E-state index contributed by atoms with van der Waals surface area (Å²) in [4.78, 5) is 0. The summed E-state index contributed by atoms with van der Waals surface area (Å²) in [6.07, 6.45) is 0. The van der Waals surface area contributed by atoms with Crippen LogP contribution >= 0.6 is 0 Å². The van der Waals surface area contributed by atoms with Crippen molar-refractivity contribution in [1.82, 2.24) is 0 Å². The van der Waals surface area contributed by atoms with Crippen molar-refractivity contribution >= 4 is 0 Å². The Kier molecular flexibility index (Phi) is 4.33. The minimum atomic E-state index is -0.286. The highest BCUT2D eigenvalue weighted by atomic mass is 16.3. The zero-order valence-electron chi connectivity index (χ0n) is 18.5. The standard InChI is InChI=1S/C29H24O5/c1-14-10-20-27(22(33)11-14)29-21-12-19(32)13-23(34)26(21)24(15-2-6-17(30)7-3-15)28(20)25(29)16-4-8-18(31)9-5-16/h2-13,24-25,28-34H,1H3/t24-,25?,28?,29?/m1/s1. The molecule has 2 aliphatic rings. The maximum Gasteiger partial charge on any atom is 0.123 e. The fourth-order valence-electron chi connectivity index (χ4n) is 6.31. The molecule has 5 N–H and O–H groups in total. The summed E-state index contributed by atoms with van der Waals surface area (Å²) in [5.74, 6) is -0.290. The molecular formula is C29H24O5. The van der Waals surface area contributed by atoms with Crippen LogP contribution in [0.1, 0.15) is 62.6 Å². The fraction of sp³-hybridized carbons (Fsp3) is 0.172. The van der Waals surface area contributed by atoms with Crippen LogP contribution in [0, 0.1) is 6.92 Å². The fourth-order valence-corrected chi connectivity index (χ4v) is 6.31. The Bertz CT molecular complexity index is 1420. The molecule has 0 saturated heterocycles. The molecule has 4 atom stereocenters. The molecule has 170 valence electrons. The molecule has 34 heavy (non-hydrogen) atoms. The molecule has 5 heteroatoms. The van der Waals surface area contributed by atoms with Gasteiger partial charge in [-0.1, -0.05) is 30.3 Å². The molecule has 0 amide bonds. The van der Waals surface area contributed by atoms with E-state index in [1.165, 1.54) is 6.07 Å². The molecule has 4 aromatic carbocycles. The monoisotopic (exact) mass is 452 g/mol. The lowest BCUT2D eigenvalue weighted by molar-refractivity contribution is 0.406. The Balaban J connectivity index is 1.72. The average molecular weight is 453 g/mol. The lowest BCUT2D eigenvalue weighted by Crippen LogP contribution is -2.26. The van der Waals surface area contributed by atoms with Crippen molar-refractivity contribution in [3.8, 4) is 28.7 Å². The summed E-state index contributed by atoms with van der Waals surface area (Å²) in [7, 11) is 0. The van der Waals surface area contributed by atoms with Gasteiger partial charge in [0.1, 0.15) is 28.7 Å². The number of aryl methyl sites for hydroxylation is 1. The summed E-state index contributed by atoms with van der Waals surface area (Å²) < 4.78 is 0. The first-order chi connectivity index (χ1) is 16.3. The number of hydrogen-bond donors (Lipinski definition) is 5. The van der Waals surface area contributed by atoms with Gasteiger partial charge in [0.25, 0.3) is 0 Å². The minimum absolute atomic E-state index is 0.0104. The Morgan fingerprint density at radius 2 is 1.06 bits per heavy atom. The summed E-state index contributed by atoms with van der Waals surface area (Å²) in [6, 6.07) is 21.0. The van der Waals surface area contributed by atoms with Crippen molar-refractivity contribution in [1.29, 1.82) is 0 Å². The Hall–Kier alpha value is -4.12. The molecule has 6 rings (SSSR count). The van der Waals surface area contributed by atoms with Crippen LogP contribution in [0.5, 0.6) is 28.7 Å². The van der Waals surface area contributed by atoms with E-state index in [4.69, 9.17) is 0 Å². The van der Waals surface area contributed by atoms with Gasteiger partial charge in [0.15, 0.2) is 0 Å². The average Bonchev–Trinajstić information content (AvgIpc) is 3.05. The molecule has 3 unspecified atom stereocenters. The van der Waals surface area contributed by atoms with E-state index in [0.29, 0.717) is 0 Å². The van der Waals surface area contributed by atoms with Gasteiger partial charge in [0.2, 0.25) is 0 Å². The van der Waals surface area contributed by atoms with E-state index in [1.807, 2.05) is 31.2 Å². The van der Waals surface area contributed by atoms with Gasteiger partial charge in [-0.3, -0.25) is 0 Å². The van der Waals surface area contributed by atoms with E-state index in [2.05, 4.69) is 6.07 Å². The quantitative estimate of drug-likeness (QED) is 0.269. The highest BCUT2D eigenvalue weighted by Gasteiger charge is 2.53. The molecular weight excluding hydrogens is 428 g/mol. The van der Waals surface area contributed by atoms with Gasteiger partial charge in [-0.15, -0.1) is 0 Å². The maximum atomic E-state index is 11.1. The third-order valence-electron chi connectivity index (χ3n) is 7.46. The van der Waals surface area contributed by atoms with E-state index in [1.54, 1.807) is 36.4 Å². The zero-order chi connectivity index (χ0) is 23.7. The summed E-state index contributed by atoms with van der Waals surface area (Å²) in [5, 5.41) is 52.5. The summed E-state index contributed by atoms with van der Waals surface area (Å²) in [5.41, 5.74) is 6.16. The van der Waals surface area contributed by atoms with Crippen LogP contribution < -0.4 is 0 Å². The molecule has 0 radical (unpaired) electrons.